The van der Waals surface area contributed by atoms with E-state index in [0.717, 1.165) is 12.1 Å². The first-order chi connectivity index (χ1) is 15.4. The van der Waals surface area contributed by atoms with Gasteiger partial charge in [-0.25, -0.2) is 18.2 Å². The predicted molar refractivity (Wildman–Crippen MR) is 114 cm³/mol. The van der Waals surface area contributed by atoms with Crippen molar-refractivity contribution in [3.63, 3.8) is 0 Å². The molecular formula is C21H16ClF3N2O5S. The van der Waals surface area contributed by atoms with E-state index in [9.17, 15) is 26.4 Å². The standard InChI is InChI=1S/C21H16ClF3N2O5S/c1-12-9-18(19(26-11-12)32-14-5-3-13(4-6-14)20(28)31-2)27-33(29,30)15-7-8-17(22)16(10-15)21(23,24)25/h3-11,27H,1-2H3. The van der Waals surface area contributed by atoms with Crippen molar-refractivity contribution in [2.24, 2.45) is 0 Å². The molecule has 0 aliphatic heterocycles. The number of hydrogen-bond donors (Lipinski definition) is 1. The second kappa shape index (κ2) is 9.28. The number of anilines is 1. The lowest BCUT2D eigenvalue weighted by atomic mass is 10.2. The summed E-state index contributed by atoms with van der Waals surface area (Å²) in [6, 6.07) is 9.42. The normalized spacial score (nSPS) is 11.7. The summed E-state index contributed by atoms with van der Waals surface area (Å²) in [5, 5.41) is -0.627. The number of halogens is 4. The quantitative estimate of drug-likeness (QED) is 0.453. The number of nitrogens with one attached hydrogen (secondary N) is 1. The van der Waals surface area contributed by atoms with Crippen LogP contribution in [0.5, 0.6) is 11.6 Å². The van der Waals surface area contributed by atoms with Crippen molar-refractivity contribution in [3.05, 3.63) is 76.4 Å². The molecule has 0 amide bonds. The van der Waals surface area contributed by atoms with Gasteiger partial charge in [0, 0.05) is 6.20 Å². The minimum atomic E-state index is -4.84. The number of aromatic nitrogens is 1. The van der Waals surface area contributed by atoms with Gasteiger partial charge in [0.05, 0.1) is 28.2 Å². The Kier molecular flexibility index (Phi) is 6.84. The Hall–Kier alpha value is -3.31. The number of ether oxygens (including phenoxy) is 2. The molecule has 2 aromatic carbocycles. The molecule has 1 aromatic heterocycles. The summed E-state index contributed by atoms with van der Waals surface area (Å²) in [6.45, 7) is 1.64. The third-order valence-electron chi connectivity index (χ3n) is 4.28. The number of hydrogen-bond acceptors (Lipinski definition) is 6. The van der Waals surface area contributed by atoms with Crippen LogP contribution < -0.4 is 9.46 Å². The summed E-state index contributed by atoms with van der Waals surface area (Å²) in [5.74, 6) is -0.477. The topological polar surface area (TPSA) is 94.6 Å². The number of methoxy groups -OCH3 is 1. The highest BCUT2D eigenvalue weighted by Gasteiger charge is 2.34. The van der Waals surface area contributed by atoms with Gasteiger partial charge in [-0.05, 0) is 61.0 Å². The maximum Gasteiger partial charge on any atom is 0.417 e. The number of pyridine rings is 1. The van der Waals surface area contributed by atoms with Crippen molar-refractivity contribution in [2.75, 3.05) is 11.8 Å². The zero-order valence-electron chi connectivity index (χ0n) is 17.1. The first-order valence-electron chi connectivity index (χ1n) is 9.13. The lowest BCUT2D eigenvalue weighted by Gasteiger charge is -2.15. The van der Waals surface area contributed by atoms with E-state index in [0.29, 0.717) is 11.6 Å². The van der Waals surface area contributed by atoms with E-state index in [2.05, 4.69) is 14.4 Å². The minimum absolute atomic E-state index is 0.101. The maximum atomic E-state index is 13.1. The van der Waals surface area contributed by atoms with Crippen LogP contribution >= 0.6 is 11.6 Å². The number of rotatable bonds is 6. The first-order valence-corrected chi connectivity index (χ1v) is 11.0. The molecule has 0 bridgehead atoms. The van der Waals surface area contributed by atoms with Crippen molar-refractivity contribution in [1.29, 1.82) is 0 Å². The third-order valence-corrected chi connectivity index (χ3v) is 5.97. The fourth-order valence-corrected chi connectivity index (χ4v) is 3.99. The molecule has 174 valence electrons. The Labute approximate surface area is 192 Å². The van der Waals surface area contributed by atoms with Crippen LogP contribution in [0.1, 0.15) is 21.5 Å². The van der Waals surface area contributed by atoms with E-state index < -0.39 is 37.7 Å². The Morgan fingerprint density at radius 3 is 2.36 bits per heavy atom. The van der Waals surface area contributed by atoms with Gasteiger partial charge in [0.1, 0.15) is 11.4 Å². The Bertz CT molecular complexity index is 1300. The van der Waals surface area contributed by atoms with E-state index >= 15 is 0 Å². The maximum absolute atomic E-state index is 13.1. The molecule has 0 atom stereocenters. The summed E-state index contributed by atoms with van der Waals surface area (Å²) >= 11 is 5.57. The zero-order chi connectivity index (χ0) is 24.4. The van der Waals surface area contributed by atoms with Crippen LogP contribution in [0.25, 0.3) is 0 Å². The second-order valence-corrected chi connectivity index (χ2v) is 8.82. The smallest absolute Gasteiger partial charge is 0.417 e. The molecule has 12 heteroatoms. The molecule has 33 heavy (non-hydrogen) atoms. The summed E-state index contributed by atoms with van der Waals surface area (Å²) in [6.07, 6.45) is -3.42. The van der Waals surface area contributed by atoms with E-state index in [1.807, 2.05) is 0 Å². The van der Waals surface area contributed by atoms with Gasteiger partial charge in [-0.2, -0.15) is 13.2 Å². The Morgan fingerprint density at radius 1 is 1.09 bits per heavy atom. The van der Waals surface area contributed by atoms with Crippen LogP contribution in [-0.2, 0) is 20.9 Å². The van der Waals surface area contributed by atoms with E-state index in [1.165, 1.54) is 43.6 Å². The number of carbonyl (C=O) groups excluding carboxylic acids is 1. The third kappa shape index (κ3) is 5.74. The molecule has 0 saturated heterocycles. The van der Waals surface area contributed by atoms with Crippen LogP contribution in [0.15, 0.2) is 59.6 Å². The minimum Gasteiger partial charge on any atom is -0.465 e. The van der Waals surface area contributed by atoms with Gasteiger partial charge in [-0.1, -0.05) is 11.6 Å². The van der Waals surface area contributed by atoms with E-state index in [4.69, 9.17) is 16.3 Å². The fourth-order valence-electron chi connectivity index (χ4n) is 2.69. The van der Waals surface area contributed by atoms with Gasteiger partial charge in [0.15, 0.2) is 0 Å². The molecule has 0 saturated carbocycles. The van der Waals surface area contributed by atoms with Crippen LogP contribution in [-0.4, -0.2) is 26.5 Å². The van der Waals surface area contributed by atoms with Gasteiger partial charge in [-0.15, -0.1) is 0 Å². The molecule has 0 aliphatic rings. The van der Waals surface area contributed by atoms with Crippen molar-refractivity contribution >= 4 is 33.3 Å². The predicted octanol–water partition coefficient (Wildman–Crippen LogP) is 5.44. The zero-order valence-corrected chi connectivity index (χ0v) is 18.7. The number of nitrogens with zero attached hydrogens (tertiary/aromatic N) is 1. The number of benzene rings is 2. The van der Waals surface area contributed by atoms with Crippen molar-refractivity contribution < 1.29 is 35.9 Å². The van der Waals surface area contributed by atoms with Gasteiger partial charge in [-0.3, -0.25) is 4.72 Å². The van der Waals surface area contributed by atoms with Gasteiger partial charge < -0.3 is 9.47 Å². The van der Waals surface area contributed by atoms with E-state index in [1.54, 1.807) is 6.92 Å². The van der Waals surface area contributed by atoms with Gasteiger partial charge in [0.25, 0.3) is 10.0 Å². The number of sulfonamides is 1. The van der Waals surface area contributed by atoms with Crippen molar-refractivity contribution in [3.8, 4) is 11.6 Å². The molecule has 0 aliphatic carbocycles. The molecule has 7 nitrogen and oxygen atoms in total. The fraction of sp³-hybridized carbons (Fsp3) is 0.143. The first kappa shape index (κ1) is 24.3. The average molecular weight is 501 g/mol. The summed E-state index contributed by atoms with van der Waals surface area (Å²) < 4.78 is 77.5. The molecule has 0 unspecified atom stereocenters. The molecule has 0 spiro atoms. The van der Waals surface area contributed by atoms with Crippen LogP contribution in [0, 0.1) is 6.92 Å². The highest BCUT2D eigenvalue weighted by Crippen LogP contribution is 2.37. The molecule has 3 rings (SSSR count). The highest BCUT2D eigenvalue weighted by molar-refractivity contribution is 7.92. The molecule has 3 aromatic rings. The van der Waals surface area contributed by atoms with Crippen molar-refractivity contribution in [2.45, 2.75) is 18.0 Å². The number of esters is 1. The SMILES string of the molecule is COC(=O)c1ccc(Oc2ncc(C)cc2NS(=O)(=O)c2ccc(Cl)c(C(F)(F)F)c2)cc1. The molecule has 1 N–H and O–H groups in total. The van der Waals surface area contributed by atoms with E-state index in [-0.39, 0.29) is 22.9 Å². The number of carbonyl (C=O) groups is 1. The number of aryl methyl sites for hydroxylation is 1. The molecular weight excluding hydrogens is 485 g/mol. The van der Waals surface area contributed by atoms with Crippen LogP contribution in [0.3, 0.4) is 0 Å². The van der Waals surface area contributed by atoms with Crippen LogP contribution in [0.4, 0.5) is 18.9 Å². The second-order valence-electron chi connectivity index (χ2n) is 6.73. The molecule has 1 heterocycles. The van der Waals surface area contributed by atoms with Crippen molar-refractivity contribution in [1.82, 2.24) is 4.98 Å². The Balaban J connectivity index is 1.93. The highest BCUT2D eigenvalue weighted by atomic mass is 35.5. The molecule has 0 fully saturated rings. The summed E-state index contributed by atoms with van der Waals surface area (Å²) in [5.41, 5.74) is -0.550. The monoisotopic (exact) mass is 500 g/mol. The van der Waals surface area contributed by atoms with Crippen LogP contribution in [0.2, 0.25) is 5.02 Å². The number of alkyl halides is 3. The lowest BCUT2D eigenvalue weighted by Crippen LogP contribution is -2.16. The average Bonchev–Trinajstić information content (AvgIpc) is 2.74. The largest absolute Gasteiger partial charge is 0.465 e. The summed E-state index contributed by atoms with van der Waals surface area (Å²) in [7, 11) is -3.22. The molecule has 0 radical (unpaired) electrons. The lowest BCUT2D eigenvalue weighted by molar-refractivity contribution is -0.137. The summed E-state index contributed by atoms with van der Waals surface area (Å²) in [4.78, 5) is 15.0. The van der Waals surface area contributed by atoms with Gasteiger partial charge in [0.2, 0.25) is 5.88 Å². The Morgan fingerprint density at radius 2 is 1.76 bits per heavy atom. The van der Waals surface area contributed by atoms with Gasteiger partial charge >= 0.3 is 12.1 Å².